The van der Waals surface area contributed by atoms with E-state index in [1.807, 2.05) is 55.5 Å². The summed E-state index contributed by atoms with van der Waals surface area (Å²) in [7, 11) is 0. The van der Waals surface area contributed by atoms with Gasteiger partial charge in [-0.3, -0.25) is 4.79 Å². The molecule has 0 aliphatic heterocycles. The second kappa shape index (κ2) is 9.38. The highest BCUT2D eigenvalue weighted by Gasteiger charge is 2.21. The lowest BCUT2D eigenvalue weighted by molar-refractivity contribution is -0.145. The number of hydrogen-bond acceptors (Lipinski definition) is 3. The molecule has 0 aromatic heterocycles. The fourth-order valence-corrected chi connectivity index (χ4v) is 2.68. The summed E-state index contributed by atoms with van der Waals surface area (Å²) < 4.78 is 5.22. The Kier molecular flexibility index (Phi) is 6.87. The van der Waals surface area contributed by atoms with Gasteiger partial charge in [0, 0.05) is 10.6 Å². The zero-order valence-electron chi connectivity index (χ0n) is 13.8. The van der Waals surface area contributed by atoms with Gasteiger partial charge in [0.05, 0.1) is 12.5 Å². The van der Waals surface area contributed by atoms with Gasteiger partial charge in [-0.25, -0.2) is 0 Å². The average molecular weight is 323 g/mol. The number of benzene rings is 2. The molecule has 2 aromatic rings. The van der Waals surface area contributed by atoms with Crippen LogP contribution in [-0.2, 0) is 16.0 Å². The van der Waals surface area contributed by atoms with E-state index in [0.29, 0.717) is 18.7 Å². The minimum absolute atomic E-state index is 0.175. The lowest BCUT2D eigenvalue weighted by Gasteiger charge is -2.16. The predicted molar refractivity (Wildman–Crippen MR) is 94.0 cm³/mol. The van der Waals surface area contributed by atoms with Crippen molar-refractivity contribution >= 4 is 11.7 Å². The second-order valence-electron chi connectivity index (χ2n) is 5.47. The normalized spacial score (nSPS) is 11.4. The van der Waals surface area contributed by atoms with Gasteiger partial charge in [-0.15, -0.1) is 0 Å². The molecule has 2 aromatic carbocycles. The Morgan fingerprint density at radius 1 is 1.21 bits per heavy atom. The van der Waals surface area contributed by atoms with E-state index in [1.54, 1.807) is 6.07 Å². The highest BCUT2D eigenvalue weighted by Crippen LogP contribution is 2.24. The van der Waals surface area contributed by atoms with Gasteiger partial charge in [-0.05, 0) is 48.9 Å². The number of carbonyl (C=O) groups is 1. The first kappa shape index (κ1) is 17.6. The van der Waals surface area contributed by atoms with Crippen LogP contribution in [0.2, 0.25) is 0 Å². The molecule has 5 nitrogen and oxygen atoms in total. The highest BCUT2D eigenvalue weighted by molar-refractivity contribution is 5.78. The summed E-state index contributed by atoms with van der Waals surface area (Å²) in [6.45, 7) is 2.21. The van der Waals surface area contributed by atoms with Crippen LogP contribution in [0.3, 0.4) is 0 Å². The fraction of sp³-hybridized carbons (Fsp3) is 0.316. The summed E-state index contributed by atoms with van der Waals surface area (Å²) in [5.41, 5.74) is 11.2. The van der Waals surface area contributed by atoms with Crippen LogP contribution < -0.4 is 0 Å². The van der Waals surface area contributed by atoms with Gasteiger partial charge in [0.1, 0.15) is 0 Å². The zero-order chi connectivity index (χ0) is 17.2. The molecule has 0 saturated heterocycles. The molecule has 1 unspecified atom stereocenters. The summed E-state index contributed by atoms with van der Waals surface area (Å²) in [5, 5.41) is 3.62. The molecular formula is C19H21N3O2. The molecule has 5 heteroatoms. The number of aryl methyl sites for hydroxylation is 1. The van der Waals surface area contributed by atoms with Gasteiger partial charge >= 0.3 is 5.97 Å². The maximum Gasteiger partial charge on any atom is 0.313 e. The van der Waals surface area contributed by atoms with E-state index in [4.69, 9.17) is 10.3 Å². The van der Waals surface area contributed by atoms with Crippen molar-refractivity contribution in [3.8, 4) is 0 Å². The van der Waals surface area contributed by atoms with Gasteiger partial charge in [0.15, 0.2) is 0 Å². The maximum absolute atomic E-state index is 12.2. The maximum atomic E-state index is 12.2. The van der Waals surface area contributed by atoms with Crippen molar-refractivity contribution in [3.05, 3.63) is 76.2 Å². The third-order valence-electron chi connectivity index (χ3n) is 3.80. The molecule has 0 saturated carbocycles. The van der Waals surface area contributed by atoms with Gasteiger partial charge in [0.25, 0.3) is 0 Å². The Labute approximate surface area is 141 Å². The van der Waals surface area contributed by atoms with Crippen molar-refractivity contribution in [1.29, 1.82) is 0 Å². The Hall–Kier alpha value is -2.78. The largest absolute Gasteiger partial charge is 0.466 e. The molecular weight excluding hydrogens is 302 g/mol. The third-order valence-corrected chi connectivity index (χ3v) is 3.80. The lowest BCUT2D eigenvalue weighted by atomic mass is 9.92. The SMILES string of the molecule is CCOC(=O)C(CCCc1cccc(N=[N+]=[N-])c1)c1ccccc1. The van der Waals surface area contributed by atoms with Crippen LogP contribution in [0.1, 0.15) is 36.8 Å². The molecule has 0 bridgehead atoms. The Morgan fingerprint density at radius 2 is 2.00 bits per heavy atom. The number of ether oxygens (including phenoxy) is 1. The monoisotopic (exact) mass is 323 g/mol. The van der Waals surface area contributed by atoms with Crippen molar-refractivity contribution < 1.29 is 9.53 Å². The number of hydrogen-bond donors (Lipinski definition) is 0. The standard InChI is InChI=1S/C19H21N3O2/c1-2-24-19(23)18(16-10-4-3-5-11-16)13-7-9-15-8-6-12-17(14-15)21-22-20/h3-6,8,10-12,14,18H,2,7,9,13H2,1H3. The van der Waals surface area contributed by atoms with Gasteiger partial charge in [-0.2, -0.15) is 0 Å². The zero-order valence-corrected chi connectivity index (χ0v) is 13.8. The first-order valence-corrected chi connectivity index (χ1v) is 8.10. The molecule has 0 fully saturated rings. The van der Waals surface area contributed by atoms with Crippen molar-refractivity contribution in [2.75, 3.05) is 6.61 Å². The minimum atomic E-state index is -0.244. The number of rotatable bonds is 8. The minimum Gasteiger partial charge on any atom is -0.466 e. The van der Waals surface area contributed by atoms with Crippen LogP contribution in [0.5, 0.6) is 0 Å². The van der Waals surface area contributed by atoms with Crippen LogP contribution in [0, 0.1) is 0 Å². The summed E-state index contributed by atoms with van der Waals surface area (Å²) in [4.78, 5) is 15.1. The molecule has 1 atom stereocenters. The summed E-state index contributed by atoms with van der Waals surface area (Å²) in [6.07, 6.45) is 2.38. The molecule has 2 rings (SSSR count). The van der Waals surface area contributed by atoms with E-state index in [2.05, 4.69) is 10.0 Å². The van der Waals surface area contributed by atoms with E-state index in [9.17, 15) is 4.79 Å². The molecule has 0 N–H and O–H groups in total. The molecule has 124 valence electrons. The first-order valence-electron chi connectivity index (χ1n) is 8.10. The van der Waals surface area contributed by atoms with E-state index < -0.39 is 0 Å². The fourth-order valence-electron chi connectivity index (χ4n) is 2.68. The van der Waals surface area contributed by atoms with E-state index in [-0.39, 0.29) is 11.9 Å². The van der Waals surface area contributed by atoms with E-state index in [0.717, 1.165) is 24.0 Å². The quantitative estimate of drug-likeness (QED) is 0.286. The third kappa shape index (κ3) is 5.14. The Balaban J connectivity index is 2.01. The molecule has 0 spiro atoms. The van der Waals surface area contributed by atoms with E-state index >= 15 is 0 Å². The highest BCUT2D eigenvalue weighted by atomic mass is 16.5. The van der Waals surface area contributed by atoms with Crippen molar-refractivity contribution in [2.45, 2.75) is 32.1 Å². The lowest BCUT2D eigenvalue weighted by Crippen LogP contribution is -2.16. The first-order chi connectivity index (χ1) is 11.7. The predicted octanol–water partition coefficient (Wildman–Crippen LogP) is 5.30. The van der Waals surface area contributed by atoms with Crippen molar-refractivity contribution in [1.82, 2.24) is 0 Å². The topological polar surface area (TPSA) is 75.1 Å². The van der Waals surface area contributed by atoms with Crippen LogP contribution in [0.25, 0.3) is 10.4 Å². The van der Waals surface area contributed by atoms with Crippen molar-refractivity contribution in [3.63, 3.8) is 0 Å². The number of esters is 1. The van der Waals surface area contributed by atoms with Crippen LogP contribution >= 0.6 is 0 Å². The smallest absolute Gasteiger partial charge is 0.313 e. The van der Waals surface area contributed by atoms with Gasteiger partial charge in [0.2, 0.25) is 0 Å². The van der Waals surface area contributed by atoms with Crippen LogP contribution in [-0.4, -0.2) is 12.6 Å². The Morgan fingerprint density at radius 3 is 2.71 bits per heavy atom. The van der Waals surface area contributed by atoms with Gasteiger partial charge in [-0.1, -0.05) is 53.6 Å². The molecule has 0 amide bonds. The summed E-state index contributed by atoms with van der Waals surface area (Å²) >= 11 is 0. The molecule has 24 heavy (non-hydrogen) atoms. The van der Waals surface area contributed by atoms with Crippen LogP contribution in [0.15, 0.2) is 59.7 Å². The molecule has 0 aliphatic rings. The van der Waals surface area contributed by atoms with Gasteiger partial charge < -0.3 is 4.74 Å². The van der Waals surface area contributed by atoms with Crippen LogP contribution in [0.4, 0.5) is 5.69 Å². The number of nitrogens with zero attached hydrogens (tertiary/aromatic N) is 3. The molecule has 0 radical (unpaired) electrons. The van der Waals surface area contributed by atoms with Crippen molar-refractivity contribution in [2.24, 2.45) is 5.11 Å². The summed E-state index contributed by atoms with van der Waals surface area (Å²) in [5.74, 6) is -0.419. The summed E-state index contributed by atoms with van der Waals surface area (Å²) in [6, 6.07) is 17.3. The molecule has 0 heterocycles. The molecule has 0 aliphatic carbocycles. The number of azide groups is 1. The Bertz CT molecular complexity index is 710. The average Bonchev–Trinajstić information content (AvgIpc) is 2.60. The number of carbonyl (C=O) groups excluding carboxylic acids is 1. The second-order valence-corrected chi connectivity index (χ2v) is 5.47. The van der Waals surface area contributed by atoms with E-state index in [1.165, 1.54) is 0 Å².